The number of nitrogens with one attached hydrogen (secondary N) is 1. The fourth-order valence-electron chi connectivity index (χ4n) is 2.37. The highest BCUT2D eigenvalue weighted by Gasteiger charge is 2.30. The van der Waals surface area contributed by atoms with Gasteiger partial charge in [0.1, 0.15) is 5.25 Å². The number of rotatable bonds is 4. The maximum atomic E-state index is 12.4. The van der Waals surface area contributed by atoms with Gasteiger partial charge in [0.05, 0.1) is 13.0 Å². The van der Waals surface area contributed by atoms with Gasteiger partial charge in [-0.25, -0.2) is 0 Å². The summed E-state index contributed by atoms with van der Waals surface area (Å²) in [4.78, 5) is 23.6. The third kappa shape index (κ3) is 3.69. The van der Waals surface area contributed by atoms with Crippen LogP contribution in [0.3, 0.4) is 0 Å². The summed E-state index contributed by atoms with van der Waals surface area (Å²) in [6.07, 6.45) is 1.21. The number of carbonyl (C=O) groups is 2. The van der Waals surface area contributed by atoms with Crippen LogP contribution in [-0.2, 0) is 31.5 Å². The Morgan fingerprint density at radius 2 is 2.19 bits per heavy atom. The van der Waals surface area contributed by atoms with Gasteiger partial charge in [-0.3, -0.25) is 13.8 Å². The summed E-state index contributed by atoms with van der Waals surface area (Å²) in [5.41, 5.74) is 1.83. The molecular formula is C15H19NO4S. The number of hydrogen-bond donors (Lipinski definition) is 1. The zero-order valence-electron chi connectivity index (χ0n) is 12.1. The van der Waals surface area contributed by atoms with Crippen LogP contribution < -0.4 is 5.32 Å². The lowest BCUT2D eigenvalue weighted by atomic mass is 10.1. The van der Waals surface area contributed by atoms with Gasteiger partial charge in [-0.15, -0.1) is 0 Å². The van der Waals surface area contributed by atoms with Gasteiger partial charge in [-0.05, 0) is 24.5 Å². The summed E-state index contributed by atoms with van der Waals surface area (Å²) in [6.45, 7) is 1.66. The zero-order chi connectivity index (χ0) is 15.4. The molecule has 0 bridgehead atoms. The molecule has 1 aromatic rings. The van der Waals surface area contributed by atoms with Crippen molar-refractivity contribution in [2.45, 2.75) is 25.0 Å². The Kier molecular flexibility index (Phi) is 5.12. The number of esters is 1. The lowest BCUT2D eigenvalue weighted by molar-refractivity contribution is -0.144. The van der Waals surface area contributed by atoms with Crippen LogP contribution in [-0.4, -0.2) is 34.2 Å². The Bertz CT molecular complexity index is 573. The third-order valence-electron chi connectivity index (χ3n) is 3.58. The van der Waals surface area contributed by atoms with Gasteiger partial charge in [0, 0.05) is 22.2 Å². The molecule has 0 aromatic heterocycles. The van der Waals surface area contributed by atoms with Gasteiger partial charge < -0.3 is 10.1 Å². The molecule has 0 saturated carbocycles. The molecule has 0 spiro atoms. The van der Waals surface area contributed by atoms with Crippen LogP contribution in [0.25, 0.3) is 0 Å². The number of ether oxygens (including phenoxy) is 1. The van der Waals surface area contributed by atoms with E-state index in [2.05, 4.69) is 10.1 Å². The van der Waals surface area contributed by atoms with Crippen LogP contribution in [0.15, 0.2) is 24.3 Å². The lowest BCUT2D eigenvalue weighted by Gasteiger charge is -2.15. The van der Waals surface area contributed by atoms with Crippen LogP contribution in [0.1, 0.15) is 18.9 Å². The first-order chi connectivity index (χ1) is 10.0. The second kappa shape index (κ2) is 6.85. The van der Waals surface area contributed by atoms with Crippen molar-refractivity contribution >= 4 is 28.4 Å². The van der Waals surface area contributed by atoms with E-state index in [0.29, 0.717) is 12.8 Å². The predicted molar refractivity (Wildman–Crippen MR) is 81.4 cm³/mol. The summed E-state index contributed by atoms with van der Waals surface area (Å²) in [6, 6.07) is 7.57. The van der Waals surface area contributed by atoms with Crippen LogP contribution in [0, 0.1) is 5.92 Å². The molecule has 114 valence electrons. The third-order valence-corrected chi connectivity index (χ3v) is 5.49. The van der Waals surface area contributed by atoms with E-state index in [1.807, 2.05) is 24.3 Å². The average molecular weight is 309 g/mol. The van der Waals surface area contributed by atoms with Crippen LogP contribution in [0.4, 0.5) is 5.69 Å². The summed E-state index contributed by atoms with van der Waals surface area (Å²) in [5, 5.41) is 2.23. The molecule has 1 amide bonds. The highest BCUT2D eigenvalue weighted by molar-refractivity contribution is 7.86. The van der Waals surface area contributed by atoms with Crippen LogP contribution in [0.5, 0.6) is 0 Å². The van der Waals surface area contributed by atoms with Gasteiger partial charge in [-0.2, -0.15) is 0 Å². The number of para-hydroxylation sites is 1. The molecule has 21 heavy (non-hydrogen) atoms. The summed E-state index contributed by atoms with van der Waals surface area (Å²) < 4.78 is 17.0. The number of aryl methyl sites for hydroxylation is 1. The van der Waals surface area contributed by atoms with E-state index < -0.39 is 27.9 Å². The zero-order valence-corrected chi connectivity index (χ0v) is 12.9. The minimum absolute atomic E-state index is 0.140. The molecule has 1 aliphatic rings. The molecule has 0 radical (unpaired) electrons. The average Bonchev–Trinajstić information content (AvgIpc) is 2.64. The topological polar surface area (TPSA) is 72.5 Å². The standard InChI is InChI=1S/C15H19NO4S/c1-10(15(18)20-2)9-21(19)13-8-7-11-5-3-4-6-12(11)16-14(13)17/h3-6,10,13H,7-9H2,1-2H3,(H,16,17). The van der Waals surface area contributed by atoms with E-state index in [0.717, 1.165) is 11.3 Å². The van der Waals surface area contributed by atoms with Gasteiger partial charge in [0.2, 0.25) is 5.91 Å². The Labute approximate surface area is 126 Å². The lowest BCUT2D eigenvalue weighted by Crippen LogP contribution is -2.34. The molecule has 0 saturated heterocycles. The van der Waals surface area contributed by atoms with E-state index in [9.17, 15) is 13.8 Å². The minimum atomic E-state index is -1.40. The number of carbonyl (C=O) groups excluding carboxylic acids is 2. The molecule has 3 unspecified atom stereocenters. The molecule has 5 nitrogen and oxygen atoms in total. The monoisotopic (exact) mass is 309 g/mol. The van der Waals surface area contributed by atoms with Crippen molar-refractivity contribution in [3.8, 4) is 0 Å². The van der Waals surface area contributed by atoms with E-state index in [-0.39, 0.29) is 11.7 Å². The normalized spacial score (nSPS) is 20.7. The van der Waals surface area contributed by atoms with Gasteiger partial charge in [0.15, 0.2) is 0 Å². The van der Waals surface area contributed by atoms with Crippen molar-refractivity contribution < 1.29 is 18.5 Å². The highest BCUT2D eigenvalue weighted by Crippen LogP contribution is 2.24. The smallest absolute Gasteiger partial charge is 0.309 e. The summed E-state index contributed by atoms with van der Waals surface area (Å²) in [7, 11) is -0.0988. The number of anilines is 1. The molecule has 6 heteroatoms. The van der Waals surface area contributed by atoms with Gasteiger partial charge in [0.25, 0.3) is 0 Å². The highest BCUT2D eigenvalue weighted by atomic mass is 32.2. The molecule has 0 fully saturated rings. The first kappa shape index (κ1) is 15.7. The van der Waals surface area contributed by atoms with Crippen LogP contribution >= 0.6 is 0 Å². The number of benzene rings is 1. The maximum absolute atomic E-state index is 12.4. The molecular weight excluding hydrogens is 290 g/mol. The molecule has 2 rings (SSSR count). The molecule has 1 heterocycles. The van der Waals surface area contributed by atoms with Crippen molar-refractivity contribution in [2.75, 3.05) is 18.2 Å². The minimum Gasteiger partial charge on any atom is -0.469 e. The van der Waals surface area contributed by atoms with Gasteiger partial charge >= 0.3 is 5.97 Å². The van der Waals surface area contributed by atoms with Crippen molar-refractivity contribution in [2.24, 2.45) is 5.92 Å². The SMILES string of the molecule is COC(=O)C(C)CS(=O)C1CCc2ccccc2NC1=O. The fourth-order valence-corrected chi connectivity index (χ4v) is 3.91. The van der Waals surface area contributed by atoms with Crippen molar-refractivity contribution in [1.82, 2.24) is 0 Å². The van der Waals surface area contributed by atoms with E-state index in [4.69, 9.17) is 0 Å². The van der Waals surface area contributed by atoms with E-state index >= 15 is 0 Å². The second-order valence-electron chi connectivity index (χ2n) is 5.15. The Morgan fingerprint density at radius 1 is 1.48 bits per heavy atom. The first-order valence-corrected chi connectivity index (χ1v) is 8.25. The molecule has 1 aromatic carbocycles. The van der Waals surface area contributed by atoms with Crippen molar-refractivity contribution in [1.29, 1.82) is 0 Å². The Hall–Kier alpha value is -1.69. The van der Waals surface area contributed by atoms with E-state index in [1.165, 1.54) is 7.11 Å². The second-order valence-corrected chi connectivity index (χ2v) is 6.81. The number of fused-ring (bicyclic) bond motifs is 1. The molecule has 1 aliphatic heterocycles. The molecule has 1 N–H and O–H groups in total. The quantitative estimate of drug-likeness (QED) is 0.856. The number of hydrogen-bond acceptors (Lipinski definition) is 4. The summed E-state index contributed by atoms with van der Waals surface area (Å²) >= 11 is 0. The number of methoxy groups -OCH3 is 1. The van der Waals surface area contributed by atoms with E-state index in [1.54, 1.807) is 6.92 Å². The Morgan fingerprint density at radius 3 is 2.90 bits per heavy atom. The Balaban J connectivity index is 2.07. The van der Waals surface area contributed by atoms with Crippen molar-refractivity contribution in [3.63, 3.8) is 0 Å². The summed E-state index contributed by atoms with van der Waals surface area (Å²) in [5.74, 6) is -0.980. The van der Waals surface area contributed by atoms with Gasteiger partial charge in [-0.1, -0.05) is 25.1 Å². The van der Waals surface area contributed by atoms with Crippen molar-refractivity contribution in [3.05, 3.63) is 29.8 Å². The number of amides is 1. The fraction of sp³-hybridized carbons (Fsp3) is 0.467. The first-order valence-electron chi connectivity index (χ1n) is 6.86. The van der Waals surface area contributed by atoms with Crippen LogP contribution in [0.2, 0.25) is 0 Å². The largest absolute Gasteiger partial charge is 0.469 e. The maximum Gasteiger partial charge on any atom is 0.309 e. The predicted octanol–water partition coefficient (Wildman–Crippen LogP) is 1.50. The molecule has 3 atom stereocenters. The molecule has 0 aliphatic carbocycles.